The molecular weight excluding hydrogens is 428 g/mol. The molecule has 158 valence electrons. The van der Waals surface area contributed by atoms with Crippen molar-refractivity contribution in [2.45, 2.75) is 30.0 Å². The molecule has 0 saturated carbocycles. The number of hydrogen-bond acceptors (Lipinski definition) is 4. The molecule has 0 saturated heterocycles. The maximum absolute atomic E-state index is 12.8. The molecule has 0 spiro atoms. The third kappa shape index (κ3) is 4.06. The van der Waals surface area contributed by atoms with Crippen LogP contribution in [-0.4, -0.2) is 35.2 Å². The molecule has 9 heteroatoms. The Morgan fingerprint density at radius 1 is 1.07 bits per heavy atom. The number of hydrogen-bond donors (Lipinski definition) is 2. The molecule has 2 aromatic carbocycles. The number of amides is 1. The first-order chi connectivity index (χ1) is 14.0. The Balaban J connectivity index is 1.79. The standard InChI is InChI=1S/C21H21ClN2O5S/c1-12(14-4-7-17(8-5-14)30(28,29)13(2)21(26)27)23-20(25)19-11-15-10-16(22)6-9-18(15)24(19)3/h4-13H,1-3H3,(H,23,25)(H,26,27)/t12-,13?/m1/s1. The summed E-state index contributed by atoms with van der Waals surface area (Å²) in [6, 6.07) is 12.6. The smallest absolute Gasteiger partial charge is 0.321 e. The van der Waals surface area contributed by atoms with Gasteiger partial charge in [-0.25, -0.2) is 8.42 Å². The fourth-order valence-corrected chi connectivity index (χ4v) is 4.54. The number of rotatable bonds is 6. The minimum absolute atomic E-state index is 0.0785. The van der Waals surface area contributed by atoms with Crippen molar-refractivity contribution >= 4 is 44.2 Å². The summed E-state index contributed by atoms with van der Waals surface area (Å²) in [4.78, 5) is 23.7. The highest BCUT2D eigenvalue weighted by Gasteiger charge is 2.29. The summed E-state index contributed by atoms with van der Waals surface area (Å²) in [6.07, 6.45) is 0. The van der Waals surface area contributed by atoms with Gasteiger partial charge >= 0.3 is 5.97 Å². The zero-order valence-corrected chi connectivity index (χ0v) is 18.2. The molecule has 2 N–H and O–H groups in total. The third-order valence-corrected chi connectivity index (χ3v) is 7.40. The first-order valence-electron chi connectivity index (χ1n) is 9.15. The number of nitrogens with zero attached hydrogens (tertiary/aromatic N) is 1. The average Bonchev–Trinajstić information content (AvgIpc) is 3.03. The first kappa shape index (κ1) is 21.9. The van der Waals surface area contributed by atoms with E-state index in [0.29, 0.717) is 16.3 Å². The van der Waals surface area contributed by atoms with Crippen molar-refractivity contribution in [3.8, 4) is 0 Å². The van der Waals surface area contributed by atoms with Crippen molar-refractivity contribution in [2.24, 2.45) is 7.05 Å². The van der Waals surface area contributed by atoms with Gasteiger partial charge in [-0.3, -0.25) is 9.59 Å². The number of carbonyl (C=O) groups is 2. The number of aliphatic carboxylic acids is 1. The monoisotopic (exact) mass is 448 g/mol. The molecule has 1 amide bonds. The Bertz CT molecular complexity index is 1230. The summed E-state index contributed by atoms with van der Waals surface area (Å²) in [7, 11) is -2.18. The van der Waals surface area contributed by atoms with Crippen LogP contribution in [0.1, 0.15) is 35.9 Å². The first-order valence-corrected chi connectivity index (χ1v) is 11.1. The quantitative estimate of drug-likeness (QED) is 0.599. The fourth-order valence-electron chi connectivity index (χ4n) is 3.18. The van der Waals surface area contributed by atoms with E-state index in [9.17, 15) is 18.0 Å². The predicted molar refractivity (Wildman–Crippen MR) is 115 cm³/mol. The third-order valence-electron chi connectivity index (χ3n) is 5.11. The van der Waals surface area contributed by atoms with Crippen LogP contribution in [0.4, 0.5) is 0 Å². The number of carbonyl (C=O) groups excluding carboxylic acids is 1. The summed E-state index contributed by atoms with van der Waals surface area (Å²) in [5, 5.41) is 11.8. The summed E-state index contributed by atoms with van der Waals surface area (Å²) < 4.78 is 26.4. The van der Waals surface area contributed by atoms with Crippen molar-refractivity contribution in [3.63, 3.8) is 0 Å². The van der Waals surface area contributed by atoms with E-state index in [4.69, 9.17) is 16.7 Å². The largest absolute Gasteiger partial charge is 0.480 e. The van der Waals surface area contributed by atoms with Crippen molar-refractivity contribution in [2.75, 3.05) is 0 Å². The topological polar surface area (TPSA) is 105 Å². The zero-order chi connectivity index (χ0) is 22.2. The SMILES string of the molecule is CC(C(=O)O)S(=O)(=O)c1ccc([C@@H](C)NC(=O)c2cc3cc(Cl)ccc3n2C)cc1. The van der Waals surface area contributed by atoms with Gasteiger partial charge in [-0.1, -0.05) is 23.7 Å². The second-order valence-corrected chi connectivity index (χ2v) is 9.79. The molecule has 3 rings (SSSR count). The Kier molecular flexibility index (Phi) is 5.92. The van der Waals surface area contributed by atoms with Gasteiger partial charge in [0, 0.05) is 23.0 Å². The van der Waals surface area contributed by atoms with Crippen LogP contribution in [0.15, 0.2) is 53.4 Å². The molecule has 30 heavy (non-hydrogen) atoms. The Morgan fingerprint density at radius 2 is 1.70 bits per heavy atom. The molecule has 7 nitrogen and oxygen atoms in total. The van der Waals surface area contributed by atoms with Crippen LogP contribution >= 0.6 is 11.6 Å². The van der Waals surface area contributed by atoms with Gasteiger partial charge in [0.2, 0.25) is 0 Å². The van der Waals surface area contributed by atoms with E-state index in [1.165, 1.54) is 12.1 Å². The van der Waals surface area contributed by atoms with Crippen LogP contribution in [0.2, 0.25) is 5.02 Å². The predicted octanol–water partition coefficient (Wildman–Crippen LogP) is 3.57. The lowest BCUT2D eigenvalue weighted by Crippen LogP contribution is -2.28. The minimum atomic E-state index is -3.97. The fraction of sp³-hybridized carbons (Fsp3) is 0.238. The van der Waals surface area contributed by atoms with Gasteiger partial charge < -0.3 is 15.0 Å². The Labute approximate surface area is 179 Å². The van der Waals surface area contributed by atoms with E-state index in [-0.39, 0.29) is 10.8 Å². The Morgan fingerprint density at radius 3 is 2.30 bits per heavy atom. The number of aryl methyl sites for hydroxylation is 1. The summed E-state index contributed by atoms with van der Waals surface area (Å²) in [5.74, 6) is -1.69. The van der Waals surface area contributed by atoms with E-state index < -0.39 is 27.1 Å². The molecule has 0 fully saturated rings. The van der Waals surface area contributed by atoms with Crippen molar-refractivity contribution in [3.05, 3.63) is 64.8 Å². The molecule has 0 aliphatic rings. The molecule has 2 atom stereocenters. The number of carboxylic acids is 1. The number of nitrogens with one attached hydrogen (secondary N) is 1. The van der Waals surface area contributed by atoms with Gasteiger partial charge in [0.05, 0.1) is 10.9 Å². The van der Waals surface area contributed by atoms with Crippen molar-refractivity contribution < 1.29 is 23.1 Å². The van der Waals surface area contributed by atoms with Crippen LogP contribution in [0.5, 0.6) is 0 Å². The van der Waals surface area contributed by atoms with Gasteiger partial charge in [0.15, 0.2) is 15.1 Å². The number of halogens is 1. The summed E-state index contributed by atoms with van der Waals surface area (Å²) >= 11 is 6.02. The number of fused-ring (bicyclic) bond motifs is 1. The van der Waals surface area contributed by atoms with Gasteiger partial charge in [-0.15, -0.1) is 0 Å². The second kappa shape index (κ2) is 8.12. The van der Waals surface area contributed by atoms with E-state index in [1.54, 1.807) is 48.9 Å². The summed E-state index contributed by atoms with van der Waals surface area (Å²) in [5.41, 5.74) is 2.03. The molecule has 0 bridgehead atoms. The van der Waals surface area contributed by atoms with E-state index in [0.717, 1.165) is 17.8 Å². The lowest BCUT2D eigenvalue weighted by Gasteiger charge is -2.16. The minimum Gasteiger partial charge on any atom is -0.480 e. The van der Waals surface area contributed by atoms with E-state index in [2.05, 4.69) is 5.32 Å². The molecule has 0 aliphatic carbocycles. The van der Waals surface area contributed by atoms with Gasteiger partial charge in [-0.2, -0.15) is 0 Å². The second-order valence-electron chi connectivity index (χ2n) is 7.08. The van der Waals surface area contributed by atoms with Crippen LogP contribution < -0.4 is 5.32 Å². The van der Waals surface area contributed by atoms with Gasteiger partial charge in [0.1, 0.15) is 5.69 Å². The van der Waals surface area contributed by atoms with Crippen LogP contribution in [0, 0.1) is 0 Å². The number of carboxylic acid groups (broad SMARTS) is 1. The number of sulfone groups is 1. The van der Waals surface area contributed by atoms with Crippen LogP contribution in [-0.2, 0) is 21.7 Å². The highest BCUT2D eigenvalue weighted by molar-refractivity contribution is 7.92. The molecule has 3 aromatic rings. The van der Waals surface area contributed by atoms with Crippen molar-refractivity contribution in [1.82, 2.24) is 9.88 Å². The Hall–Kier alpha value is -2.84. The highest BCUT2D eigenvalue weighted by Crippen LogP contribution is 2.24. The molecule has 1 aromatic heterocycles. The van der Waals surface area contributed by atoms with E-state index >= 15 is 0 Å². The van der Waals surface area contributed by atoms with E-state index in [1.807, 2.05) is 6.07 Å². The maximum atomic E-state index is 12.8. The zero-order valence-electron chi connectivity index (χ0n) is 16.6. The summed E-state index contributed by atoms with van der Waals surface area (Å²) in [6.45, 7) is 2.91. The molecule has 0 aliphatic heterocycles. The average molecular weight is 449 g/mol. The normalized spacial score (nSPS) is 13.7. The number of aromatic nitrogens is 1. The van der Waals surface area contributed by atoms with Crippen LogP contribution in [0.3, 0.4) is 0 Å². The molecule has 1 heterocycles. The number of benzene rings is 2. The maximum Gasteiger partial charge on any atom is 0.321 e. The van der Waals surface area contributed by atoms with Gasteiger partial charge in [-0.05, 0) is 55.8 Å². The molecular formula is C21H21ClN2O5S. The van der Waals surface area contributed by atoms with Crippen LogP contribution in [0.25, 0.3) is 10.9 Å². The lowest BCUT2D eigenvalue weighted by atomic mass is 10.1. The lowest BCUT2D eigenvalue weighted by molar-refractivity contribution is -0.136. The van der Waals surface area contributed by atoms with Gasteiger partial charge in [0.25, 0.3) is 5.91 Å². The molecule has 1 unspecified atom stereocenters. The highest BCUT2D eigenvalue weighted by atomic mass is 35.5. The molecule has 0 radical (unpaired) electrons. The van der Waals surface area contributed by atoms with Crippen molar-refractivity contribution in [1.29, 1.82) is 0 Å².